The molecule has 2 rings (SSSR count). The number of esters is 1. The van der Waals surface area contributed by atoms with Crippen LogP contribution in [-0.2, 0) is 14.3 Å². The molecule has 19 heavy (non-hydrogen) atoms. The number of anilines is 1. The highest BCUT2D eigenvalue weighted by Crippen LogP contribution is 2.28. The Balaban J connectivity index is 2.11. The molecule has 6 nitrogen and oxygen atoms in total. The number of methoxy groups -OCH3 is 1. The zero-order valence-electron chi connectivity index (χ0n) is 10.8. The van der Waals surface area contributed by atoms with Crippen molar-refractivity contribution in [3.63, 3.8) is 0 Å². The first-order valence-electron chi connectivity index (χ1n) is 5.92. The molecule has 2 N–H and O–H groups in total. The lowest BCUT2D eigenvalue weighted by molar-refractivity contribution is -0.120. The van der Waals surface area contributed by atoms with E-state index in [0.717, 1.165) is 5.56 Å². The Kier molecular flexibility index (Phi) is 4.52. The van der Waals surface area contributed by atoms with Crippen LogP contribution in [0.3, 0.4) is 0 Å². The zero-order chi connectivity index (χ0) is 13.8. The second kappa shape index (κ2) is 6.14. The Hall–Kier alpha value is -1.44. The third-order valence-corrected chi connectivity index (χ3v) is 3.91. The van der Waals surface area contributed by atoms with Gasteiger partial charge in [-0.15, -0.1) is 11.3 Å². The molecule has 1 amide bonds. The predicted octanol–water partition coefficient (Wildman–Crippen LogP) is 0.770. The molecule has 0 spiro atoms. The van der Waals surface area contributed by atoms with E-state index in [1.807, 2.05) is 12.3 Å². The lowest BCUT2D eigenvalue weighted by atomic mass is 10.2. The second-order valence-corrected chi connectivity index (χ2v) is 5.06. The number of carbonyl (C=O) groups excluding carboxylic acids is 2. The van der Waals surface area contributed by atoms with E-state index in [0.29, 0.717) is 30.3 Å². The van der Waals surface area contributed by atoms with E-state index in [-0.39, 0.29) is 5.91 Å². The molecule has 0 bridgehead atoms. The van der Waals surface area contributed by atoms with E-state index in [1.165, 1.54) is 18.4 Å². The van der Waals surface area contributed by atoms with Gasteiger partial charge in [-0.2, -0.15) is 0 Å². The van der Waals surface area contributed by atoms with Gasteiger partial charge < -0.3 is 20.1 Å². The molecule has 0 aromatic carbocycles. The van der Waals surface area contributed by atoms with Gasteiger partial charge in [0.2, 0.25) is 5.91 Å². The van der Waals surface area contributed by atoms with Crippen LogP contribution in [0.5, 0.6) is 0 Å². The fraction of sp³-hybridized carbons (Fsp3) is 0.500. The van der Waals surface area contributed by atoms with Crippen LogP contribution in [0.2, 0.25) is 0 Å². The highest BCUT2D eigenvalue weighted by Gasteiger charge is 2.24. The van der Waals surface area contributed by atoms with Gasteiger partial charge in [0.1, 0.15) is 10.9 Å². The summed E-state index contributed by atoms with van der Waals surface area (Å²) in [6.45, 7) is 3.42. The van der Waals surface area contributed by atoms with Gasteiger partial charge in [-0.05, 0) is 17.9 Å². The highest BCUT2D eigenvalue weighted by atomic mass is 32.1. The van der Waals surface area contributed by atoms with Crippen LogP contribution in [0, 0.1) is 6.92 Å². The van der Waals surface area contributed by atoms with Crippen molar-refractivity contribution in [3.05, 3.63) is 15.8 Å². The lowest BCUT2D eigenvalue weighted by Crippen LogP contribution is -2.49. The molecule has 1 aromatic heterocycles. The molecule has 104 valence electrons. The molecule has 2 heterocycles. The molecular weight excluding hydrogens is 268 g/mol. The summed E-state index contributed by atoms with van der Waals surface area (Å²) in [4.78, 5) is 24.1. The molecule has 1 fully saturated rings. The van der Waals surface area contributed by atoms with Gasteiger partial charge >= 0.3 is 5.97 Å². The van der Waals surface area contributed by atoms with Crippen LogP contribution < -0.4 is 10.6 Å². The van der Waals surface area contributed by atoms with Gasteiger partial charge in [-0.3, -0.25) is 4.79 Å². The maximum absolute atomic E-state index is 12.1. The Labute approximate surface area is 115 Å². The highest BCUT2D eigenvalue weighted by molar-refractivity contribution is 7.12. The quantitative estimate of drug-likeness (QED) is 0.802. The molecule has 0 saturated carbocycles. The van der Waals surface area contributed by atoms with Crippen molar-refractivity contribution >= 4 is 28.9 Å². The van der Waals surface area contributed by atoms with E-state index in [2.05, 4.69) is 10.6 Å². The summed E-state index contributed by atoms with van der Waals surface area (Å²) in [7, 11) is 1.32. The number of rotatable bonds is 3. The Morgan fingerprint density at radius 1 is 1.58 bits per heavy atom. The number of ether oxygens (including phenoxy) is 2. The fourth-order valence-corrected chi connectivity index (χ4v) is 2.71. The maximum atomic E-state index is 12.1. The van der Waals surface area contributed by atoms with Crippen LogP contribution in [0.1, 0.15) is 15.2 Å². The molecular formula is C12H16N2O4S. The first kappa shape index (κ1) is 14.0. The van der Waals surface area contributed by atoms with Gasteiger partial charge in [0.05, 0.1) is 26.0 Å². The fourth-order valence-electron chi connectivity index (χ4n) is 1.79. The standard InChI is InChI=1S/C12H16N2O4S/c1-7-6-19-10(12(16)17-2)9(7)14-11(15)8-5-18-4-3-13-8/h6,8,13H,3-5H2,1-2H3,(H,14,15). The maximum Gasteiger partial charge on any atom is 0.350 e. The number of hydrogen-bond donors (Lipinski definition) is 2. The number of thiophene rings is 1. The smallest absolute Gasteiger partial charge is 0.350 e. The van der Waals surface area contributed by atoms with Gasteiger partial charge in [0, 0.05) is 6.54 Å². The van der Waals surface area contributed by atoms with Crippen LogP contribution in [-0.4, -0.2) is 44.8 Å². The topological polar surface area (TPSA) is 76.7 Å². The third-order valence-electron chi connectivity index (χ3n) is 2.83. The molecule has 0 radical (unpaired) electrons. The second-order valence-electron chi connectivity index (χ2n) is 4.19. The lowest BCUT2D eigenvalue weighted by Gasteiger charge is -2.23. The van der Waals surface area contributed by atoms with Crippen molar-refractivity contribution in [1.29, 1.82) is 0 Å². The number of amides is 1. The van der Waals surface area contributed by atoms with Crippen molar-refractivity contribution in [2.75, 3.05) is 32.2 Å². The van der Waals surface area contributed by atoms with E-state index in [4.69, 9.17) is 9.47 Å². The minimum absolute atomic E-state index is 0.202. The molecule has 1 atom stereocenters. The molecule has 1 unspecified atom stereocenters. The summed E-state index contributed by atoms with van der Waals surface area (Å²) >= 11 is 1.26. The number of carbonyl (C=O) groups is 2. The Morgan fingerprint density at radius 2 is 2.37 bits per heavy atom. The third kappa shape index (κ3) is 3.12. The SMILES string of the molecule is COC(=O)c1scc(C)c1NC(=O)C1COCCN1. The summed E-state index contributed by atoms with van der Waals surface area (Å²) in [5.41, 5.74) is 1.37. The molecule has 7 heteroatoms. The molecule has 1 aliphatic heterocycles. The first-order chi connectivity index (χ1) is 9.13. The van der Waals surface area contributed by atoms with E-state index in [1.54, 1.807) is 0 Å². The monoisotopic (exact) mass is 284 g/mol. The molecule has 1 saturated heterocycles. The van der Waals surface area contributed by atoms with Crippen LogP contribution in [0.15, 0.2) is 5.38 Å². The van der Waals surface area contributed by atoms with Crippen molar-refractivity contribution < 1.29 is 19.1 Å². The summed E-state index contributed by atoms with van der Waals surface area (Å²) < 4.78 is 9.94. The number of morpholine rings is 1. The minimum Gasteiger partial charge on any atom is -0.465 e. The summed E-state index contributed by atoms with van der Waals surface area (Å²) in [6.07, 6.45) is 0. The molecule has 1 aromatic rings. The normalized spacial score (nSPS) is 18.9. The van der Waals surface area contributed by atoms with Gasteiger partial charge in [-0.1, -0.05) is 0 Å². The number of aryl methyl sites for hydroxylation is 1. The minimum atomic E-state index is -0.443. The average Bonchev–Trinajstić information content (AvgIpc) is 2.80. The summed E-state index contributed by atoms with van der Waals surface area (Å²) in [5, 5.41) is 7.65. The van der Waals surface area contributed by atoms with Gasteiger partial charge in [-0.25, -0.2) is 4.79 Å². The first-order valence-corrected chi connectivity index (χ1v) is 6.80. The van der Waals surface area contributed by atoms with E-state index < -0.39 is 12.0 Å². The van der Waals surface area contributed by atoms with Crippen LogP contribution in [0.4, 0.5) is 5.69 Å². The Bertz CT molecular complexity index is 480. The van der Waals surface area contributed by atoms with Gasteiger partial charge in [0.25, 0.3) is 0 Å². The van der Waals surface area contributed by atoms with Crippen molar-refractivity contribution in [2.24, 2.45) is 0 Å². The van der Waals surface area contributed by atoms with E-state index >= 15 is 0 Å². The zero-order valence-corrected chi connectivity index (χ0v) is 11.6. The molecule has 0 aliphatic carbocycles. The van der Waals surface area contributed by atoms with Crippen molar-refractivity contribution in [3.8, 4) is 0 Å². The average molecular weight is 284 g/mol. The van der Waals surface area contributed by atoms with E-state index in [9.17, 15) is 9.59 Å². The Morgan fingerprint density at radius 3 is 3.00 bits per heavy atom. The number of nitrogens with one attached hydrogen (secondary N) is 2. The van der Waals surface area contributed by atoms with Crippen molar-refractivity contribution in [2.45, 2.75) is 13.0 Å². The summed E-state index contributed by atoms with van der Waals surface area (Å²) in [6, 6.07) is -0.390. The largest absolute Gasteiger partial charge is 0.465 e. The van der Waals surface area contributed by atoms with Crippen molar-refractivity contribution in [1.82, 2.24) is 5.32 Å². The van der Waals surface area contributed by atoms with Crippen LogP contribution >= 0.6 is 11.3 Å². The number of hydrogen-bond acceptors (Lipinski definition) is 6. The summed E-state index contributed by atoms with van der Waals surface area (Å²) in [5.74, 6) is -0.646. The molecule has 1 aliphatic rings. The predicted molar refractivity (Wildman–Crippen MR) is 71.6 cm³/mol. The van der Waals surface area contributed by atoms with Gasteiger partial charge in [0.15, 0.2) is 0 Å². The van der Waals surface area contributed by atoms with Crippen LogP contribution in [0.25, 0.3) is 0 Å².